The van der Waals surface area contributed by atoms with Gasteiger partial charge >= 0.3 is 6.18 Å². The average Bonchev–Trinajstić information content (AvgIpc) is 2.83. The first-order chi connectivity index (χ1) is 7.89. The Bertz CT molecular complexity index is 556. The van der Waals surface area contributed by atoms with Gasteiger partial charge in [0.05, 0.1) is 9.75 Å². The SMILES string of the molecule is Cc1ccsc1C(=O)c1cnc(C(F)(F)F)s1. The molecule has 0 bridgehead atoms. The molecule has 0 fully saturated rings. The van der Waals surface area contributed by atoms with Crippen molar-refractivity contribution in [3.05, 3.63) is 38.0 Å². The third-order valence-electron chi connectivity index (χ3n) is 2.04. The van der Waals surface area contributed by atoms with E-state index in [0.717, 1.165) is 11.8 Å². The van der Waals surface area contributed by atoms with Crippen LogP contribution in [0.2, 0.25) is 0 Å². The molecule has 0 atom stereocenters. The molecule has 0 aliphatic rings. The highest BCUT2D eigenvalue weighted by atomic mass is 32.1. The normalized spacial score (nSPS) is 11.8. The smallest absolute Gasteiger partial charge is 0.287 e. The molecule has 0 N–H and O–H groups in total. The van der Waals surface area contributed by atoms with Crippen molar-refractivity contribution in [3.63, 3.8) is 0 Å². The lowest BCUT2D eigenvalue weighted by Crippen LogP contribution is -2.03. The van der Waals surface area contributed by atoms with E-state index in [4.69, 9.17) is 0 Å². The molecule has 17 heavy (non-hydrogen) atoms. The topological polar surface area (TPSA) is 30.0 Å². The van der Waals surface area contributed by atoms with Crippen LogP contribution in [0.4, 0.5) is 13.2 Å². The first-order valence-electron chi connectivity index (χ1n) is 4.51. The van der Waals surface area contributed by atoms with Gasteiger partial charge in [-0.25, -0.2) is 4.98 Å². The van der Waals surface area contributed by atoms with Crippen molar-refractivity contribution in [1.82, 2.24) is 4.98 Å². The van der Waals surface area contributed by atoms with Crippen LogP contribution in [0.3, 0.4) is 0 Å². The molecule has 0 saturated heterocycles. The number of aromatic nitrogens is 1. The summed E-state index contributed by atoms with van der Waals surface area (Å²) in [6.07, 6.45) is -3.51. The number of thiazole rings is 1. The number of ketones is 1. The van der Waals surface area contributed by atoms with Crippen LogP contribution in [0.1, 0.15) is 25.1 Å². The molecule has 2 aromatic rings. The molecule has 0 radical (unpaired) electrons. The number of nitrogens with zero attached hydrogens (tertiary/aromatic N) is 1. The van der Waals surface area contributed by atoms with Gasteiger partial charge in [-0.15, -0.1) is 22.7 Å². The summed E-state index contributed by atoms with van der Waals surface area (Å²) in [6.45, 7) is 1.75. The lowest BCUT2D eigenvalue weighted by atomic mass is 10.2. The van der Waals surface area contributed by atoms with E-state index < -0.39 is 17.0 Å². The number of carbonyl (C=O) groups is 1. The van der Waals surface area contributed by atoms with Crippen LogP contribution in [0.5, 0.6) is 0 Å². The lowest BCUT2D eigenvalue weighted by Gasteiger charge is -1.99. The van der Waals surface area contributed by atoms with Crippen LogP contribution in [0.25, 0.3) is 0 Å². The summed E-state index contributed by atoms with van der Waals surface area (Å²) >= 11 is 1.59. The van der Waals surface area contributed by atoms with Crippen molar-refractivity contribution in [3.8, 4) is 0 Å². The Kier molecular flexibility index (Phi) is 3.05. The summed E-state index contributed by atoms with van der Waals surface area (Å²) < 4.78 is 37.0. The minimum atomic E-state index is -4.49. The van der Waals surface area contributed by atoms with E-state index >= 15 is 0 Å². The molecule has 2 rings (SSSR count). The number of hydrogen-bond donors (Lipinski definition) is 0. The molecule has 0 aliphatic carbocycles. The van der Waals surface area contributed by atoms with E-state index in [1.165, 1.54) is 11.3 Å². The predicted octanol–water partition coefficient (Wildman–Crippen LogP) is 3.76. The Labute approximate surface area is 103 Å². The van der Waals surface area contributed by atoms with Gasteiger partial charge in [0.25, 0.3) is 0 Å². The zero-order valence-corrected chi connectivity index (χ0v) is 10.2. The number of halogens is 3. The number of aryl methyl sites for hydroxylation is 1. The van der Waals surface area contributed by atoms with E-state index in [-0.39, 0.29) is 4.88 Å². The van der Waals surface area contributed by atoms with Gasteiger partial charge in [-0.3, -0.25) is 4.79 Å². The van der Waals surface area contributed by atoms with Crippen LogP contribution in [-0.4, -0.2) is 10.8 Å². The Hall–Kier alpha value is -1.21. The van der Waals surface area contributed by atoms with Gasteiger partial charge in [-0.1, -0.05) is 0 Å². The molecular formula is C10H6F3NOS2. The third-order valence-corrected chi connectivity index (χ3v) is 4.10. The zero-order chi connectivity index (χ0) is 12.6. The highest BCUT2D eigenvalue weighted by molar-refractivity contribution is 7.16. The van der Waals surface area contributed by atoms with Crippen LogP contribution in [0.15, 0.2) is 17.6 Å². The minimum absolute atomic E-state index is 0.0166. The molecule has 0 aliphatic heterocycles. The molecule has 0 spiro atoms. The summed E-state index contributed by atoms with van der Waals surface area (Å²) in [5, 5.41) is 0.740. The van der Waals surface area contributed by atoms with Crippen molar-refractivity contribution in [2.24, 2.45) is 0 Å². The van der Waals surface area contributed by atoms with Gasteiger partial charge < -0.3 is 0 Å². The molecule has 0 unspecified atom stereocenters. The van der Waals surface area contributed by atoms with E-state index in [1.807, 2.05) is 0 Å². The first-order valence-corrected chi connectivity index (χ1v) is 6.21. The molecule has 0 saturated carbocycles. The fraction of sp³-hybridized carbons (Fsp3) is 0.200. The Morgan fingerprint density at radius 1 is 1.41 bits per heavy atom. The minimum Gasteiger partial charge on any atom is -0.287 e. The van der Waals surface area contributed by atoms with Crippen LogP contribution in [0, 0.1) is 6.92 Å². The molecule has 90 valence electrons. The van der Waals surface area contributed by atoms with E-state index in [0.29, 0.717) is 16.2 Å². The maximum atomic E-state index is 12.3. The fourth-order valence-corrected chi connectivity index (χ4v) is 2.90. The van der Waals surface area contributed by atoms with Gasteiger partial charge in [0.15, 0.2) is 5.01 Å². The van der Waals surface area contributed by atoms with Crippen molar-refractivity contribution < 1.29 is 18.0 Å². The van der Waals surface area contributed by atoms with Gasteiger partial charge in [0.1, 0.15) is 0 Å². The van der Waals surface area contributed by atoms with Crippen molar-refractivity contribution in [2.45, 2.75) is 13.1 Å². The quantitative estimate of drug-likeness (QED) is 0.782. The summed E-state index contributed by atoms with van der Waals surface area (Å²) in [5.41, 5.74) is 0.766. The zero-order valence-electron chi connectivity index (χ0n) is 8.54. The second kappa shape index (κ2) is 4.23. The molecular weight excluding hydrogens is 271 g/mol. The highest BCUT2D eigenvalue weighted by Crippen LogP contribution is 2.33. The number of thiophene rings is 1. The molecule has 2 nitrogen and oxygen atoms in total. The lowest BCUT2D eigenvalue weighted by molar-refractivity contribution is -0.137. The van der Waals surface area contributed by atoms with Crippen LogP contribution in [-0.2, 0) is 6.18 Å². The summed E-state index contributed by atoms with van der Waals surface area (Å²) in [7, 11) is 0. The molecule has 0 aromatic carbocycles. The van der Waals surface area contributed by atoms with E-state index in [9.17, 15) is 18.0 Å². The van der Waals surface area contributed by atoms with Crippen molar-refractivity contribution in [2.75, 3.05) is 0 Å². The molecule has 7 heteroatoms. The van der Waals surface area contributed by atoms with Gasteiger partial charge in [-0.05, 0) is 23.9 Å². The summed E-state index contributed by atoms with van der Waals surface area (Å²) in [4.78, 5) is 15.6. The van der Waals surface area contributed by atoms with Gasteiger partial charge in [0, 0.05) is 6.20 Å². The largest absolute Gasteiger partial charge is 0.443 e. The van der Waals surface area contributed by atoms with Gasteiger partial charge in [-0.2, -0.15) is 13.2 Å². The van der Waals surface area contributed by atoms with Gasteiger partial charge in [0.2, 0.25) is 5.78 Å². The maximum Gasteiger partial charge on any atom is 0.443 e. The third kappa shape index (κ3) is 2.39. The number of rotatable bonds is 2. The van der Waals surface area contributed by atoms with E-state index in [1.54, 1.807) is 18.4 Å². The van der Waals surface area contributed by atoms with E-state index in [2.05, 4.69) is 4.98 Å². The average molecular weight is 277 g/mol. The second-order valence-electron chi connectivity index (χ2n) is 3.29. The summed E-state index contributed by atoms with van der Waals surface area (Å²) in [5.74, 6) is -0.398. The fourth-order valence-electron chi connectivity index (χ4n) is 1.23. The van der Waals surface area contributed by atoms with Crippen molar-refractivity contribution >= 4 is 28.5 Å². The van der Waals surface area contributed by atoms with Crippen LogP contribution >= 0.6 is 22.7 Å². The monoisotopic (exact) mass is 277 g/mol. The standard InChI is InChI=1S/C10H6F3NOS2/c1-5-2-3-16-8(5)7(15)6-4-14-9(17-6)10(11,12)13/h2-4H,1H3. The Morgan fingerprint density at radius 2 is 2.12 bits per heavy atom. The molecule has 0 amide bonds. The van der Waals surface area contributed by atoms with Crippen molar-refractivity contribution in [1.29, 1.82) is 0 Å². The Morgan fingerprint density at radius 3 is 2.59 bits per heavy atom. The maximum absolute atomic E-state index is 12.3. The predicted molar refractivity (Wildman–Crippen MR) is 59.6 cm³/mol. The summed E-state index contributed by atoms with van der Waals surface area (Å²) in [6, 6.07) is 1.75. The molecule has 2 aromatic heterocycles. The first kappa shape index (κ1) is 12.3. The van der Waals surface area contributed by atoms with Crippen LogP contribution < -0.4 is 0 Å². The Balaban J connectivity index is 2.33. The molecule has 2 heterocycles. The number of hydrogen-bond acceptors (Lipinski definition) is 4. The highest BCUT2D eigenvalue weighted by Gasteiger charge is 2.35. The number of carbonyl (C=O) groups excluding carboxylic acids is 1. The second-order valence-corrected chi connectivity index (χ2v) is 5.24. The number of alkyl halides is 3.